The number of carbonyl (C=O) groups excluding carboxylic acids is 1. The molecule has 5 nitrogen and oxygen atoms in total. The number of halogens is 2. The Labute approximate surface area is 204 Å². The van der Waals surface area contributed by atoms with Gasteiger partial charge in [0.1, 0.15) is 18.1 Å². The predicted molar refractivity (Wildman–Crippen MR) is 131 cm³/mol. The lowest BCUT2D eigenvalue weighted by Gasteiger charge is -2.32. The molecule has 1 N–H and O–H groups in total. The van der Waals surface area contributed by atoms with E-state index in [0.717, 1.165) is 54.0 Å². The average molecular weight is 525 g/mol. The number of fused-ring (bicyclic) bond motifs is 1. The molecule has 32 heavy (non-hydrogen) atoms. The summed E-state index contributed by atoms with van der Waals surface area (Å²) in [5.41, 5.74) is 3.25. The van der Waals surface area contributed by atoms with Gasteiger partial charge < -0.3 is 19.5 Å². The summed E-state index contributed by atoms with van der Waals surface area (Å²) in [5, 5.41) is 8.99. The lowest BCUT2D eigenvalue weighted by atomic mass is 9.90. The molecule has 2 aliphatic rings. The molecule has 0 radical (unpaired) electrons. The summed E-state index contributed by atoms with van der Waals surface area (Å²) in [5.74, 6) is 2.42. The van der Waals surface area contributed by atoms with Crippen LogP contribution in [0.3, 0.4) is 0 Å². The van der Waals surface area contributed by atoms with Gasteiger partial charge in [-0.2, -0.15) is 0 Å². The molecular weight excluding hydrogens is 494 g/mol. The molecule has 1 saturated heterocycles. The molecule has 2 aliphatic heterocycles. The van der Waals surface area contributed by atoms with E-state index in [2.05, 4.69) is 39.0 Å². The summed E-state index contributed by atoms with van der Waals surface area (Å²) in [6.07, 6.45) is 4.89. The molecule has 0 aliphatic carbocycles. The van der Waals surface area contributed by atoms with Crippen LogP contribution >= 0.6 is 28.3 Å². The van der Waals surface area contributed by atoms with Crippen molar-refractivity contribution in [3.8, 4) is 11.5 Å². The fourth-order valence-electron chi connectivity index (χ4n) is 4.44. The van der Waals surface area contributed by atoms with E-state index >= 15 is 0 Å². The van der Waals surface area contributed by atoms with Gasteiger partial charge in [-0.25, -0.2) is 0 Å². The maximum Gasteiger partial charge on any atom is 0.170 e. The number of ketones is 1. The maximum atomic E-state index is 12.1. The normalized spacial score (nSPS) is 16.8. The highest BCUT2D eigenvalue weighted by molar-refractivity contribution is 9.10. The Bertz CT molecular complexity index is 915. The van der Waals surface area contributed by atoms with Gasteiger partial charge in [0.25, 0.3) is 0 Å². The molecule has 2 aromatic carbocycles. The Hall–Kier alpha value is -1.60. The highest BCUT2D eigenvalue weighted by Gasteiger charge is 2.21. The van der Waals surface area contributed by atoms with Crippen molar-refractivity contribution < 1.29 is 19.4 Å². The second kappa shape index (κ2) is 12.0. The van der Waals surface area contributed by atoms with Crippen molar-refractivity contribution in [2.45, 2.75) is 32.1 Å². The van der Waals surface area contributed by atoms with Crippen LogP contribution in [0.4, 0.5) is 0 Å². The number of aliphatic hydroxyl groups is 1. The van der Waals surface area contributed by atoms with Crippen LogP contribution in [0.1, 0.15) is 40.7 Å². The summed E-state index contributed by atoms with van der Waals surface area (Å²) in [6, 6.07) is 12.3. The van der Waals surface area contributed by atoms with E-state index in [1.54, 1.807) is 0 Å². The third kappa shape index (κ3) is 6.47. The molecule has 7 heteroatoms. The number of Topliss-reactive ketones (excluding diaryl/α,β-unsaturated/α-hetero) is 1. The van der Waals surface area contributed by atoms with Crippen LogP contribution in [0.25, 0.3) is 0 Å². The van der Waals surface area contributed by atoms with Gasteiger partial charge in [-0.3, -0.25) is 4.79 Å². The monoisotopic (exact) mass is 523 g/mol. The van der Waals surface area contributed by atoms with E-state index in [1.165, 1.54) is 24.0 Å². The van der Waals surface area contributed by atoms with Gasteiger partial charge in [0, 0.05) is 13.0 Å². The van der Waals surface area contributed by atoms with Crippen LogP contribution in [0.2, 0.25) is 0 Å². The minimum Gasteiger partial charge on any atom is -0.492 e. The summed E-state index contributed by atoms with van der Waals surface area (Å²) in [7, 11) is 0. The van der Waals surface area contributed by atoms with E-state index in [4.69, 9.17) is 14.6 Å². The summed E-state index contributed by atoms with van der Waals surface area (Å²) < 4.78 is 12.1. The van der Waals surface area contributed by atoms with Crippen LogP contribution in [-0.4, -0.2) is 55.2 Å². The van der Waals surface area contributed by atoms with Crippen LogP contribution in [0.15, 0.2) is 40.9 Å². The highest BCUT2D eigenvalue weighted by Crippen LogP contribution is 2.30. The van der Waals surface area contributed by atoms with E-state index in [1.807, 2.05) is 18.2 Å². The van der Waals surface area contributed by atoms with Gasteiger partial charge in [-0.05, 0) is 96.0 Å². The molecule has 0 spiro atoms. The molecule has 0 aromatic heterocycles. The zero-order valence-corrected chi connectivity index (χ0v) is 20.6. The molecule has 0 unspecified atom stereocenters. The fraction of sp³-hybridized carbons (Fsp3) is 0.480. The molecule has 4 rings (SSSR count). The third-order valence-electron chi connectivity index (χ3n) is 6.22. The minimum absolute atomic E-state index is 0. The number of piperidine rings is 1. The summed E-state index contributed by atoms with van der Waals surface area (Å²) >= 11 is 3.51. The van der Waals surface area contributed by atoms with Gasteiger partial charge >= 0.3 is 0 Å². The molecule has 0 amide bonds. The van der Waals surface area contributed by atoms with Crippen molar-refractivity contribution in [3.05, 3.63) is 57.6 Å². The van der Waals surface area contributed by atoms with Gasteiger partial charge in [0.05, 0.1) is 23.2 Å². The number of hydrogen-bond acceptors (Lipinski definition) is 5. The van der Waals surface area contributed by atoms with E-state index < -0.39 is 0 Å². The molecule has 2 heterocycles. The number of rotatable bonds is 8. The number of aliphatic hydroxyl groups excluding tert-OH is 1. The number of benzene rings is 2. The first-order valence-corrected chi connectivity index (χ1v) is 11.9. The van der Waals surface area contributed by atoms with Gasteiger partial charge in [-0.1, -0.05) is 12.1 Å². The topological polar surface area (TPSA) is 59.0 Å². The Morgan fingerprint density at radius 3 is 2.69 bits per heavy atom. The van der Waals surface area contributed by atoms with Crippen molar-refractivity contribution in [2.75, 3.05) is 39.5 Å². The number of likely N-dealkylation sites (tertiary alicyclic amines) is 1. The zero-order chi connectivity index (χ0) is 21.6. The Balaban J connectivity index is 0.00000289. The second-order valence-corrected chi connectivity index (χ2v) is 9.28. The first-order valence-electron chi connectivity index (χ1n) is 11.2. The second-order valence-electron chi connectivity index (χ2n) is 8.43. The lowest BCUT2D eigenvalue weighted by Crippen LogP contribution is -2.35. The van der Waals surface area contributed by atoms with Crippen LogP contribution in [0.5, 0.6) is 11.5 Å². The van der Waals surface area contributed by atoms with Crippen molar-refractivity contribution >= 4 is 34.1 Å². The summed E-state index contributed by atoms with van der Waals surface area (Å²) in [6.45, 7) is 4.08. The van der Waals surface area contributed by atoms with Crippen molar-refractivity contribution in [1.29, 1.82) is 0 Å². The largest absolute Gasteiger partial charge is 0.492 e. The average Bonchev–Trinajstić information content (AvgIpc) is 2.79. The third-order valence-corrected chi connectivity index (χ3v) is 6.88. The van der Waals surface area contributed by atoms with Crippen molar-refractivity contribution in [1.82, 2.24) is 4.90 Å². The molecule has 0 bridgehead atoms. The molecule has 174 valence electrons. The van der Waals surface area contributed by atoms with Crippen molar-refractivity contribution in [2.24, 2.45) is 5.92 Å². The molecule has 0 atom stereocenters. The van der Waals surface area contributed by atoms with Gasteiger partial charge in [-0.15, -0.1) is 12.4 Å². The van der Waals surface area contributed by atoms with Gasteiger partial charge in [0.15, 0.2) is 5.78 Å². The zero-order valence-electron chi connectivity index (χ0n) is 18.2. The van der Waals surface area contributed by atoms with E-state index in [-0.39, 0.29) is 24.8 Å². The summed E-state index contributed by atoms with van der Waals surface area (Å²) in [4.78, 5) is 14.6. The molecule has 2 aromatic rings. The number of nitrogens with zero attached hydrogens (tertiary/aromatic N) is 1. The number of carbonyl (C=O) groups is 1. The maximum absolute atomic E-state index is 12.1. The SMILES string of the molecule is Cl.O=C1CCOc2ccc(CCN3CCC(Cc4ccc(Br)c(OCCO)c4)CC3)cc21. The predicted octanol–water partition coefficient (Wildman–Crippen LogP) is 4.70. The molecule has 1 fully saturated rings. The van der Waals surface area contributed by atoms with Gasteiger partial charge in [0.2, 0.25) is 0 Å². The van der Waals surface area contributed by atoms with Crippen LogP contribution < -0.4 is 9.47 Å². The first kappa shape index (κ1) is 25.0. The standard InChI is InChI=1S/C25H30BrNO4.ClH/c26-22-3-1-20(17-25(22)31-14-12-28)15-19-6-10-27(11-7-19)9-5-18-2-4-24-21(16-18)23(29)8-13-30-24;/h1-4,16-17,19,28H,5-15H2;1H. The molecule has 0 saturated carbocycles. The Morgan fingerprint density at radius 1 is 1.12 bits per heavy atom. The highest BCUT2D eigenvalue weighted by atomic mass is 79.9. The Morgan fingerprint density at radius 2 is 1.91 bits per heavy atom. The first-order chi connectivity index (χ1) is 15.1. The van der Waals surface area contributed by atoms with Crippen LogP contribution in [-0.2, 0) is 12.8 Å². The van der Waals surface area contributed by atoms with E-state index in [9.17, 15) is 4.79 Å². The number of ether oxygens (including phenoxy) is 2. The van der Waals surface area contributed by atoms with Crippen molar-refractivity contribution in [3.63, 3.8) is 0 Å². The van der Waals surface area contributed by atoms with Crippen LogP contribution in [0, 0.1) is 5.92 Å². The lowest BCUT2D eigenvalue weighted by molar-refractivity contribution is 0.0933. The Kier molecular flexibility index (Phi) is 9.41. The molecular formula is C25H31BrClNO4. The fourth-order valence-corrected chi connectivity index (χ4v) is 4.80. The minimum atomic E-state index is 0. The smallest absolute Gasteiger partial charge is 0.170 e. The number of hydrogen-bond donors (Lipinski definition) is 1. The van der Waals surface area contributed by atoms with E-state index in [0.29, 0.717) is 25.6 Å². The quantitative estimate of drug-likeness (QED) is 0.542.